The van der Waals surface area contributed by atoms with Crippen molar-refractivity contribution in [1.82, 2.24) is 10.6 Å². The standard InChI is InChI=1S/C20H16N2O2/c23-19-15(11-17(21-19)13-7-3-1-4-8-13)16-12-18(22-20(16)24)14-9-5-2-6-10-14/h1-11,18H,12H2,(H,21,23)(H,22,24)/b16-15+. The summed E-state index contributed by atoms with van der Waals surface area (Å²) < 4.78 is 0. The van der Waals surface area contributed by atoms with Crippen LogP contribution in [-0.2, 0) is 9.59 Å². The minimum Gasteiger partial charge on any atom is -0.345 e. The number of carbonyl (C=O) groups is 2. The number of benzene rings is 2. The van der Waals surface area contributed by atoms with Crippen LogP contribution >= 0.6 is 0 Å². The van der Waals surface area contributed by atoms with Crippen molar-refractivity contribution in [3.8, 4) is 0 Å². The zero-order chi connectivity index (χ0) is 16.5. The highest BCUT2D eigenvalue weighted by atomic mass is 16.2. The first-order valence-corrected chi connectivity index (χ1v) is 7.90. The fraction of sp³-hybridized carbons (Fsp3) is 0.100. The van der Waals surface area contributed by atoms with E-state index in [9.17, 15) is 9.59 Å². The van der Waals surface area contributed by atoms with E-state index in [1.807, 2.05) is 60.7 Å². The lowest BCUT2D eigenvalue weighted by molar-refractivity contribution is -0.118. The van der Waals surface area contributed by atoms with E-state index in [1.54, 1.807) is 6.08 Å². The molecule has 4 nitrogen and oxygen atoms in total. The van der Waals surface area contributed by atoms with Gasteiger partial charge in [0, 0.05) is 17.7 Å². The molecular weight excluding hydrogens is 300 g/mol. The Labute approximate surface area is 139 Å². The van der Waals surface area contributed by atoms with Crippen LogP contribution in [0, 0.1) is 0 Å². The largest absolute Gasteiger partial charge is 0.345 e. The van der Waals surface area contributed by atoms with E-state index < -0.39 is 0 Å². The van der Waals surface area contributed by atoms with Gasteiger partial charge in [0.25, 0.3) is 5.91 Å². The summed E-state index contributed by atoms with van der Waals surface area (Å²) in [5.74, 6) is -0.382. The molecule has 0 aliphatic carbocycles. The summed E-state index contributed by atoms with van der Waals surface area (Å²) in [7, 11) is 0. The molecule has 2 aliphatic rings. The molecule has 4 heteroatoms. The van der Waals surface area contributed by atoms with Crippen molar-refractivity contribution < 1.29 is 9.59 Å². The maximum absolute atomic E-state index is 12.4. The first kappa shape index (κ1) is 14.5. The Hall–Kier alpha value is -3.14. The molecule has 1 fully saturated rings. The zero-order valence-electron chi connectivity index (χ0n) is 13.0. The van der Waals surface area contributed by atoms with E-state index in [0.717, 1.165) is 16.8 Å². The normalized spacial score (nSPS) is 23.0. The number of carbonyl (C=O) groups excluding carboxylic acids is 2. The molecule has 2 aliphatic heterocycles. The lowest BCUT2D eigenvalue weighted by Crippen LogP contribution is -2.21. The van der Waals surface area contributed by atoms with Crippen LogP contribution in [0.25, 0.3) is 5.70 Å². The van der Waals surface area contributed by atoms with E-state index in [-0.39, 0.29) is 17.9 Å². The Morgan fingerprint density at radius 2 is 1.50 bits per heavy atom. The average Bonchev–Trinajstić information content (AvgIpc) is 3.19. The molecule has 2 heterocycles. The van der Waals surface area contributed by atoms with Crippen LogP contribution < -0.4 is 10.6 Å². The first-order valence-electron chi connectivity index (χ1n) is 7.90. The van der Waals surface area contributed by atoms with Crippen molar-refractivity contribution in [2.75, 3.05) is 0 Å². The summed E-state index contributed by atoms with van der Waals surface area (Å²) >= 11 is 0. The van der Waals surface area contributed by atoms with Gasteiger partial charge in [-0.2, -0.15) is 0 Å². The summed E-state index contributed by atoms with van der Waals surface area (Å²) in [5, 5.41) is 5.82. The van der Waals surface area contributed by atoms with Crippen molar-refractivity contribution in [3.63, 3.8) is 0 Å². The molecule has 4 rings (SSSR count). The first-order chi connectivity index (χ1) is 11.7. The van der Waals surface area contributed by atoms with Crippen LogP contribution in [0.15, 0.2) is 77.9 Å². The molecular formula is C20H16N2O2. The van der Waals surface area contributed by atoms with Gasteiger partial charge in [-0.25, -0.2) is 0 Å². The van der Waals surface area contributed by atoms with Crippen molar-refractivity contribution in [3.05, 3.63) is 89.0 Å². The molecule has 0 aromatic heterocycles. The van der Waals surface area contributed by atoms with Crippen LogP contribution in [-0.4, -0.2) is 11.8 Å². The monoisotopic (exact) mass is 316 g/mol. The van der Waals surface area contributed by atoms with E-state index >= 15 is 0 Å². The van der Waals surface area contributed by atoms with Crippen LogP contribution in [0.5, 0.6) is 0 Å². The lowest BCUT2D eigenvalue weighted by atomic mass is 10.00. The number of nitrogens with one attached hydrogen (secondary N) is 2. The lowest BCUT2D eigenvalue weighted by Gasteiger charge is -2.08. The summed E-state index contributed by atoms with van der Waals surface area (Å²) in [6.07, 6.45) is 2.30. The summed E-state index contributed by atoms with van der Waals surface area (Å²) in [6, 6.07) is 19.4. The van der Waals surface area contributed by atoms with Crippen molar-refractivity contribution in [1.29, 1.82) is 0 Å². The van der Waals surface area contributed by atoms with Gasteiger partial charge in [-0.15, -0.1) is 0 Å². The third kappa shape index (κ3) is 2.52. The van der Waals surface area contributed by atoms with Gasteiger partial charge in [-0.3, -0.25) is 9.59 Å². The smallest absolute Gasteiger partial charge is 0.256 e. The molecule has 2 amide bonds. The Morgan fingerprint density at radius 3 is 2.21 bits per heavy atom. The van der Waals surface area contributed by atoms with Gasteiger partial charge < -0.3 is 10.6 Å². The molecule has 0 bridgehead atoms. The molecule has 2 N–H and O–H groups in total. The molecule has 0 spiro atoms. The van der Waals surface area contributed by atoms with Crippen LogP contribution in [0.4, 0.5) is 0 Å². The maximum Gasteiger partial charge on any atom is 0.256 e. The van der Waals surface area contributed by atoms with Gasteiger partial charge in [-0.1, -0.05) is 60.7 Å². The van der Waals surface area contributed by atoms with Crippen LogP contribution in [0.1, 0.15) is 23.6 Å². The Morgan fingerprint density at radius 1 is 0.833 bits per heavy atom. The number of rotatable bonds is 2. The average molecular weight is 316 g/mol. The highest BCUT2D eigenvalue weighted by molar-refractivity contribution is 6.14. The van der Waals surface area contributed by atoms with Gasteiger partial charge in [0.15, 0.2) is 0 Å². The predicted molar refractivity (Wildman–Crippen MR) is 91.5 cm³/mol. The van der Waals surface area contributed by atoms with Crippen molar-refractivity contribution in [2.45, 2.75) is 12.5 Å². The minimum absolute atomic E-state index is 0.0804. The van der Waals surface area contributed by atoms with Crippen molar-refractivity contribution >= 4 is 17.5 Å². The number of hydrogen-bond donors (Lipinski definition) is 2. The van der Waals surface area contributed by atoms with Gasteiger partial charge in [-0.05, 0) is 17.2 Å². The number of hydrogen-bond acceptors (Lipinski definition) is 2. The quantitative estimate of drug-likeness (QED) is 0.837. The van der Waals surface area contributed by atoms with E-state index in [1.165, 1.54) is 0 Å². The summed E-state index contributed by atoms with van der Waals surface area (Å²) in [5.41, 5.74) is 3.72. The van der Waals surface area contributed by atoms with Crippen LogP contribution in [0.3, 0.4) is 0 Å². The van der Waals surface area contributed by atoms with Gasteiger partial charge in [0.05, 0.1) is 11.6 Å². The van der Waals surface area contributed by atoms with Gasteiger partial charge in [0.1, 0.15) is 0 Å². The third-order valence-corrected chi connectivity index (χ3v) is 4.38. The van der Waals surface area contributed by atoms with Gasteiger partial charge >= 0.3 is 0 Å². The highest BCUT2D eigenvalue weighted by Gasteiger charge is 2.33. The Balaban J connectivity index is 1.68. The Bertz CT molecular complexity index is 867. The number of amides is 2. The van der Waals surface area contributed by atoms with E-state index in [2.05, 4.69) is 10.6 Å². The molecule has 2 aromatic carbocycles. The Kier molecular flexibility index (Phi) is 3.50. The maximum atomic E-state index is 12.4. The second-order valence-electron chi connectivity index (χ2n) is 5.91. The molecule has 1 saturated heterocycles. The fourth-order valence-electron chi connectivity index (χ4n) is 3.15. The minimum atomic E-state index is -0.215. The highest BCUT2D eigenvalue weighted by Crippen LogP contribution is 2.32. The van der Waals surface area contributed by atoms with Crippen LogP contribution in [0.2, 0.25) is 0 Å². The van der Waals surface area contributed by atoms with Gasteiger partial charge in [0.2, 0.25) is 5.91 Å². The fourth-order valence-corrected chi connectivity index (χ4v) is 3.15. The second-order valence-corrected chi connectivity index (χ2v) is 5.91. The summed E-state index contributed by atoms with van der Waals surface area (Å²) in [6.45, 7) is 0. The second kappa shape index (κ2) is 5.81. The van der Waals surface area contributed by atoms with E-state index in [0.29, 0.717) is 17.6 Å². The third-order valence-electron chi connectivity index (χ3n) is 4.38. The topological polar surface area (TPSA) is 58.2 Å². The predicted octanol–water partition coefficient (Wildman–Crippen LogP) is 2.72. The molecule has 1 atom stereocenters. The molecule has 24 heavy (non-hydrogen) atoms. The molecule has 2 aromatic rings. The molecule has 1 unspecified atom stereocenters. The summed E-state index contributed by atoms with van der Waals surface area (Å²) in [4.78, 5) is 24.7. The zero-order valence-corrected chi connectivity index (χ0v) is 13.0. The molecule has 0 saturated carbocycles. The SMILES string of the molecule is O=C1NC(c2ccccc2)=C/C1=C1/CC(c2ccccc2)NC1=O. The van der Waals surface area contributed by atoms with Crippen molar-refractivity contribution in [2.24, 2.45) is 0 Å². The molecule has 118 valence electrons. The van der Waals surface area contributed by atoms with E-state index in [4.69, 9.17) is 0 Å². The molecule has 0 radical (unpaired) electrons.